The predicted octanol–water partition coefficient (Wildman–Crippen LogP) is 5.88. The predicted molar refractivity (Wildman–Crippen MR) is 134 cm³/mol. The van der Waals surface area contributed by atoms with E-state index in [1.165, 1.54) is 11.8 Å². The molecule has 0 amide bonds. The summed E-state index contributed by atoms with van der Waals surface area (Å²) in [6.45, 7) is 0. The molecule has 0 saturated carbocycles. The molecule has 164 valence electrons. The van der Waals surface area contributed by atoms with Crippen LogP contribution in [0.15, 0.2) is 112 Å². The number of pyridine rings is 1. The standard InChI is InChI=1S/C27H18N4O2S/c32-24-16-20(25-22-9-5-4-6-18(22)10-11-23(25)33-24)17-34-27-30-29-26(19-12-14-28-15-13-19)31(27)21-7-2-1-3-8-21/h1-16H,17H2. The minimum Gasteiger partial charge on any atom is -0.423 e. The zero-order chi connectivity index (χ0) is 22.9. The molecule has 6 nitrogen and oxygen atoms in total. The fourth-order valence-corrected chi connectivity index (χ4v) is 5.07. The maximum absolute atomic E-state index is 12.3. The van der Waals surface area contributed by atoms with Crippen LogP contribution in [0.25, 0.3) is 38.8 Å². The molecular weight excluding hydrogens is 444 g/mol. The molecule has 3 aromatic heterocycles. The number of thioether (sulfide) groups is 1. The maximum atomic E-state index is 12.3. The van der Waals surface area contributed by atoms with Crippen LogP contribution >= 0.6 is 11.8 Å². The van der Waals surface area contributed by atoms with Gasteiger partial charge in [0.15, 0.2) is 11.0 Å². The van der Waals surface area contributed by atoms with Gasteiger partial charge in [0.1, 0.15) is 5.58 Å². The Bertz CT molecular complexity index is 1680. The molecule has 7 heteroatoms. The number of fused-ring (bicyclic) bond motifs is 3. The Balaban J connectivity index is 1.46. The summed E-state index contributed by atoms with van der Waals surface area (Å²) < 4.78 is 7.55. The van der Waals surface area contributed by atoms with Gasteiger partial charge in [0.05, 0.1) is 0 Å². The lowest BCUT2D eigenvalue weighted by Crippen LogP contribution is -2.02. The summed E-state index contributed by atoms with van der Waals surface area (Å²) in [5.41, 5.74) is 3.02. The maximum Gasteiger partial charge on any atom is 0.336 e. The number of nitrogens with zero attached hydrogens (tertiary/aromatic N) is 4. The van der Waals surface area contributed by atoms with Crippen molar-refractivity contribution in [3.8, 4) is 17.1 Å². The number of aromatic nitrogens is 4. The van der Waals surface area contributed by atoms with Gasteiger partial charge in [-0.2, -0.15) is 0 Å². The van der Waals surface area contributed by atoms with Crippen LogP contribution in [0.4, 0.5) is 0 Å². The molecule has 34 heavy (non-hydrogen) atoms. The average molecular weight is 463 g/mol. The molecule has 0 aliphatic rings. The van der Waals surface area contributed by atoms with E-state index in [1.54, 1.807) is 18.5 Å². The number of rotatable bonds is 5. The minimum atomic E-state index is -0.361. The first kappa shape index (κ1) is 20.4. The van der Waals surface area contributed by atoms with Crippen LogP contribution in [0.3, 0.4) is 0 Å². The Labute approximate surface area is 198 Å². The smallest absolute Gasteiger partial charge is 0.336 e. The Kier molecular flexibility index (Phi) is 5.16. The summed E-state index contributed by atoms with van der Waals surface area (Å²) >= 11 is 1.54. The van der Waals surface area contributed by atoms with Gasteiger partial charge in [-0.1, -0.05) is 60.3 Å². The largest absolute Gasteiger partial charge is 0.423 e. The Morgan fingerprint density at radius 1 is 0.853 bits per heavy atom. The van der Waals surface area contributed by atoms with Crippen molar-refractivity contribution >= 4 is 33.5 Å². The molecule has 6 aromatic rings. The molecule has 3 aromatic carbocycles. The highest BCUT2D eigenvalue weighted by molar-refractivity contribution is 7.98. The van der Waals surface area contributed by atoms with Crippen molar-refractivity contribution in [1.29, 1.82) is 0 Å². The first-order chi connectivity index (χ1) is 16.8. The third-order valence-corrected chi connectivity index (χ3v) is 6.64. The van der Waals surface area contributed by atoms with E-state index in [9.17, 15) is 4.79 Å². The van der Waals surface area contributed by atoms with Crippen LogP contribution in [0, 0.1) is 0 Å². The second kappa shape index (κ2) is 8.61. The number of benzene rings is 3. The van der Waals surface area contributed by atoms with Crippen LogP contribution in [0.2, 0.25) is 0 Å². The van der Waals surface area contributed by atoms with Gasteiger partial charge >= 0.3 is 5.63 Å². The lowest BCUT2D eigenvalue weighted by Gasteiger charge is -2.11. The van der Waals surface area contributed by atoms with Gasteiger partial charge in [-0.15, -0.1) is 10.2 Å². The van der Waals surface area contributed by atoms with Crippen molar-refractivity contribution in [3.05, 3.63) is 113 Å². The zero-order valence-corrected chi connectivity index (χ0v) is 18.8. The SMILES string of the molecule is O=c1cc(CSc2nnc(-c3ccncc3)n2-c2ccccc2)c2c(ccc3ccccc32)o1. The number of para-hydroxylation sites is 1. The normalized spacial score (nSPS) is 11.3. The summed E-state index contributed by atoms with van der Waals surface area (Å²) in [7, 11) is 0. The minimum absolute atomic E-state index is 0.361. The van der Waals surface area contributed by atoms with E-state index >= 15 is 0 Å². The quantitative estimate of drug-likeness (QED) is 0.181. The molecule has 0 atom stereocenters. The molecule has 0 radical (unpaired) electrons. The van der Waals surface area contributed by atoms with Crippen LogP contribution < -0.4 is 5.63 Å². The topological polar surface area (TPSA) is 73.8 Å². The third kappa shape index (κ3) is 3.66. The molecule has 0 aliphatic carbocycles. The lowest BCUT2D eigenvalue weighted by atomic mass is 10.0. The van der Waals surface area contributed by atoms with E-state index in [0.29, 0.717) is 11.3 Å². The summed E-state index contributed by atoms with van der Waals surface area (Å²) in [6.07, 6.45) is 3.49. The van der Waals surface area contributed by atoms with E-state index in [1.807, 2.05) is 71.3 Å². The number of hydrogen-bond donors (Lipinski definition) is 0. The monoisotopic (exact) mass is 462 g/mol. The highest BCUT2D eigenvalue weighted by atomic mass is 32.2. The Morgan fingerprint density at radius 3 is 2.50 bits per heavy atom. The molecule has 3 heterocycles. The molecule has 0 fully saturated rings. The first-order valence-electron chi connectivity index (χ1n) is 10.8. The molecule has 0 unspecified atom stereocenters. The van der Waals surface area contributed by atoms with Gasteiger partial charge in [-0.25, -0.2) is 4.79 Å². The van der Waals surface area contributed by atoms with Crippen LogP contribution in [0.1, 0.15) is 5.56 Å². The van der Waals surface area contributed by atoms with Crippen LogP contribution in [-0.2, 0) is 5.75 Å². The number of hydrogen-bond acceptors (Lipinski definition) is 6. The van der Waals surface area contributed by atoms with E-state index in [-0.39, 0.29) is 5.63 Å². The van der Waals surface area contributed by atoms with Crippen LogP contribution in [0.5, 0.6) is 0 Å². The molecule has 0 saturated heterocycles. The Hall–Kier alpha value is -4.23. The van der Waals surface area contributed by atoms with Gasteiger partial charge in [-0.05, 0) is 46.7 Å². The second-order valence-electron chi connectivity index (χ2n) is 7.75. The highest BCUT2D eigenvalue weighted by Crippen LogP contribution is 2.33. The lowest BCUT2D eigenvalue weighted by molar-refractivity contribution is 0.560. The molecule has 6 rings (SSSR count). The van der Waals surface area contributed by atoms with Crippen molar-refractivity contribution in [3.63, 3.8) is 0 Å². The summed E-state index contributed by atoms with van der Waals surface area (Å²) in [5.74, 6) is 1.27. The summed E-state index contributed by atoms with van der Waals surface area (Å²) in [6, 6.07) is 27.4. The molecule has 0 aliphatic heterocycles. The third-order valence-electron chi connectivity index (χ3n) is 5.66. The van der Waals surface area contributed by atoms with E-state index in [2.05, 4.69) is 27.3 Å². The van der Waals surface area contributed by atoms with E-state index in [0.717, 1.165) is 44.0 Å². The van der Waals surface area contributed by atoms with E-state index < -0.39 is 0 Å². The Morgan fingerprint density at radius 2 is 1.65 bits per heavy atom. The van der Waals surface area contributed by atoms with Gasteiger partial charge in [0.25, 0.3) is 0 Å². The van der Waals surface area contributed by atoms with Crippen molar-refractivity contribution in [1.82, 2.24) is 19.7 Å². The van der Waals surface area contributed by atoms with Crippen molar-refractivity contribution in [2.45, 2.75) is 10.9 Å². The first-order valence-corrected chi connectivity index (χ1v) is 11.7. The summed E-state index contributed by atoms with van der Waals surface area (Å²) in [5, 5.41) is 12.8. The average Bonchev–Trinajstić information content (AvgIpc) is 3.32. The van der Waals surface area contributed by atoms with Gasteiger partial charge < -0.3 is 4.42 Å². The molecule has 0 bridgehead atoms. The fraction of sp³-hybridized carbons (Fsp3) is 0.0370. The van der Waals surface area contributed by atoms with Gasteiger partial charge in [0, 0.05) is 40.8 Å². The highest BCUT2D eigenvalue weighted by Gasteiger charge is 2.17. The fourth-order valence-electron chi connectivity index (χ4n) is 4.14. The van der Waals surface area contributed by atoms with Crippen molar-refractivity contribution < 1.29 is 4.42 Å². The van der Waals surface area contributed by atoms with Crippen molar-refractivity contribution in [2.75, 3.05) is 0 Å². The second-order valence-corrected chi connectivity index (χ2v) is 8.69. The molecule has 0 spiro atoms. The van der Waals surface area contributed by atoms with Crippen molar-refractivity contribution in [2.24, 2.45) is 0 Å². The van der Waals surface area contributed by atoms with Gasteiger partial charge in [0.2, 0.25) is 0 Å². The van der Waals surface area contributed by atoms with Crippen LogP contribution in [-0.4, -0.2) is 19.7 Å². The zero-order valence-electron chi connectivity index (χ0n) is 18.0. The molecular formula is C27H18N4O2S. The van der Waals surface area contributed by atoms with Gasteiger partial charge in [-0.3, -0.25) is 9.55 Å². The van der Waals surface area contributed by atoms with E-state index in [4.69, 9.17) is 4.42 Å². The molecule has 0 N–H and O–H groups in total. The summed E-state index contributed by atoms with van der Waals surface area (Å²) in [4.78, 5) is 16.4.